The van der Waals surface area contributed by atoms with E-state index in [0.717, 1.165) is 24.3 Å². The van der Waals surface area contributed by atoms with E-state index in [-0.39, 0.29) is 24.4 Å². The van der Waals surface area contributed by atoms with Gasteiger partial charge in [-0.2, -0.15) is 5.10 Å². The van der Waals surface area contributed by atoms with Crippen molar-refractivity contribution in [1.82, 2.24) is 20.0 Å². The second-order valence-electron chi connectivity index (χ2n) is 6.27. The maximum atomic E-state index is 12.2. The number of ether oxygens (including phenoxy) is 1. The number of nitrogens with one attached hydrogen (secondary N) is 1. The van der Waals surface area contributed by atoms with Crippen LogP contribution in [0.5, 0.6) is 0 Å². The van der Waals surface area contributed by atoms with Crippen LogP contribution in [0.2, 0.25) is 0 Å². The predicted molar refractivity (Wildman–Crippen MR) is 85.8 cm³/mol. The Morgan fingerprint density at radius 3 is 2.87 bits per heavy atom. The fraction of sp³-hybridized carbons (Fsp3) is 0.688. The van der Waals surface area contributed by atoms with Gasteiger partial charge in [0.05, 0.1) is 25.5 Å². The van der Waals surface area contributed by atoms with Gasteiger partial charge in [-0.3, -0.25) is 14.3 Å². The van der Waals surface area contributed by atoms with E-state index in [1.54, 1.807) is 7.05 Å². The molecule has 0 aliphatic carbocycles. The molecule has 1 N–H and O–H groups in total. The third-order valence-electron chi connectivity index (χ3n) is 3.92. The first-order chi connectivity index (χ1) is 10.9. The van der Waals surface area contributed by atoms with Crippen LogP contribution < -0.4 is 5.32 Å². The Hall–Kier alpha value is -1.89. The zero-order valence-electron chi connectivity index (χ0n) is 14.4. The molecule has 2 rings (SSSR count). The molecule has 0 saturated heterocycles. The van der Waals surface area contributed by atoms with Crippen LogP contribution in [-0.4, -0.2) is 52.7 Å². The molecule has 23 heavy (non-hydrogen) atoms. The first kappa shape index (κ1) is 17.5. The minimum Gasteiger partial charge on any atom is -0.376 e. The lowest BCUT2D eigenvalue weighted by Crippen LogP contribution is -2.40. The van der Waals surface area contributed by atoms with Gasteiger partial charge in [-0.25, -0.2) is 0 Å². The van der Waals surface area contributed by atoms with Gasteiger partial charge < -0.3 is 15.0 Å². The average molecular weight is 322 g/mol. The van der Waals surface area contributed by atoms with Gasteiger partial charge in [-0.05, 0) is 13.8 Å². The summed E-state index contributed by atoms with van der Waals surface area (Å²) in [6.45, 7) is 5.16. The molecule has 2 heterocycles. The van der Waals surface area contributed by atoms with Crippen molar-refractivity contribution >= 4 is 11.8 Å². The van der Waals surface area contributed by atoms with E-state index < -0.39 is 0 Å². The summed E-state index contributed by atoms with van der Waals surface area (Å²) >= 11 is 0. The molecule has 0 atom stereocenters. The topological polar surface area (TPSA) is 76.5 Å². The number of amides is 2. The third kappa shape index (κ3) is 4.54. The number of fused-ring (bicyclic) bond motifs is 1. The smallest absolute Gasteiger partial charge is 0.239 e. The minimum atomic E-state index is -0.139. The van der Waals surface area contributed by atoms with Gasteiger partial charge in [-0.15, -0.1) is 0 Å². The summed E-state index contributed by atoms with van der Waals surface area (Å²) in [5.74, 6) is -0.195. The molecule has 0 spiro atoms. The average Bonchev–Trinajstić information content (AvgIpc) is 2.81. The summed E-state index contributed by atoms with van der Waals surface area (Å²) in [6.07, 6.45) is 1.78. The normalized spacial score (nSPS) is 13.8. The highest BCUT2D eigenvalue weighted by Gasteiger charge is 2.21. The number of hydrogen-bond acceptors (Lipinski definition) is 4. The maximum absolute atomic E-state index is 12.2. The molecule has 2 amide bonds. The van der Waals surface area contributed by atoms with Gasteiger partial charge in [0.2, 0.25) is 11.8 Å². The van der Waals surface area contributed by atoms with Crippen LogP contribution in [0.4, 0.5) is 0 Å². The number of carbonyl (C=O) groups is 2. The number of rotatable bonds is 6. The summed E-state index contributed by atoms with van der Waals surface area (Å²) in [5, 5.41) is 7.29. The van der Waals surface area contributed by atoms with E-state index in [1.807, 2.05) is 25.6 Å². The second-order valence-corrected chi connectivity index (χ2v) is 6.27. The van der Waals surface area contributed by atoms with Gasteiger partial charge >= 0.3 is 0 Å². The molecule has 7 nitrogen and oxygen atoms in total. The molecule has 7 heteroatoms. The molecule has 1 aliphatic heterocycles. The van der Waals surface area contributed by atoms with E-state index in [4.69, 9.17) is 4.74 Å². The monoisotopic (exact) mass is 322 g/mol. The Kier molecular flexibility index (Phi) is 5.76. The molecule has 1 aromatic rings. The summed E-state index contributed by atoms with van der Waals surface area (Å²) in [5.41, 5.74) is 3.24. The highest BCUT2D eigenvalue weighted by molar-refractivity contribution is 5.84. The molecule has 0 aromatic carbocycles. The summed E-state index contributed by atoms with van der Waals surface area (Å²) < 4.78 is 7.38. The number of carbonyl (C=O) groups excluding carboxylic acids is 2. The first-order valence-electron chi connectivity index (χ1n) is 8.03. The van der Waals surface area contributed by atoms with Gasteiger partial charge in [0.25, 0.3) is 0 Å². The van der Waals surface area contributed by atoms with Crippen molar-refractivity contribution in [2.45, 2.75) is 45.8 Å². The molecule has 1 aliphatic rings. The van der Waals surface area contributed by atoms with Crippen LogP contribution in [0.3, 0.4) is 0 Å². The summed E-state index contributed by atoms with van der Waals surface area (Å²) in [7, 11) is 3.58. The van der Waals surface area contributed by atoms with Crippen molar-refractivity contribution in [3.63, 3.8) is 0 Å². The minimum absolute atomic E-state index is 0.0555. The Morgan fingerprint density at radius 1 is 1.43 bits per heavy atom. The van der Waals surface area contributed by atoms with Crippen molar-refractivity contribution < 1.29 is 14.3 Å². The molecule has 0 saturated carbocycles. The van der Waals surface area contributed by atoms with Crippen molar-refractivity contribution in [2.24, 2.45) is 7.05 Å². The Balaban J connectivity index is 1.88. The van der Waals surface area contributed by atoms with Crippen molar-refractivity contribution in [2.75, 3.05) is 20.2 Å². The molecule has 128 valence electrons. The Bertz CT molecular complexity index is 580. The van der Waals surface area contributed by atoms with E-state index in [2.05, 4.69) is 10.4 Å². The zero-order valence-corrected chi connectivity index (χ0v) is 14.4. The predicted octanol–water partition coefficient (Wildman–Crippen LogP) is 0.408. The van der Waals surface area contributed by atoms with Gasteiger partial charge in [0.15, 0.2) is 0 Å². The lowest BCUT2D eigenvalue weighted by Gasteiger charge is -2.18. The zero-order chi connectivity index (χ0) is 17.0. The Morgan fingerprint density at radius 2 is 2.17 bits per heavy atom. The molecule has 0 fully saturated rings. The number of aryl methyl sites for hydroxylation is 2. The second kappa shape index (κ2) is 7.59. The molecular formula is C16H26N4O3. The lowest BCUT2D eigenvalue weighted by atomic mass is 10.1. The molecule has 1 aromatic heterocycles. The van der Waals surface area contributed by atoms with E-state index in [1.165, 1.54) is 10.6 Å². The molecule has 0 bridgehead atoms. The SMILES string of the molecule is CC(C)NC(=O)CN(C)C(=O)CCc1nn(C)c2c1COCC2. The van der Waals surface area contributed by atoms with Crippen LogP contribution in [0, 0.1) is 0 Å². The summed E-state index contributed by atoms with van der Waals surface area (Å²) in [4.78, 5) is 25.4. The Labute approximate surface area is 137 Å². The first-order valence-corrected chi connectivity index (χ1v) is 8.03. The quantitative estimate of drug-likeness (QED) is 0.823. The van der Waals surface area contributed by atoms with Crippen LogP contribution >= 0.6 is 0 Å². The van der Waals surface area contributed by atoms with E-state index in [9.17, 15) is 9.59 Å². The molecule has 0 unspecified atom stereocenters. The highest BCUT2D eigenvalue weighted by atomic mass is 16.5. The van der Waals surface area contributed by atoms with Crippen LogP contribution in [0.15, 0.2) is 0 Å². The number of aromatic nitrogens is 2. The number of likely N-dealkylation sites (N-methyl/N-ethyl adjacent to an activating group) is 1. The van der Waals surface area contributed by atoms with Gasteiger partial charge in [-0.1, -0.05) is 0 Å². The fourth-order valence-corrected chi connectivity index (χ4v) is 2.77. The van der Waals surface area contributed by atoms with E-state index in [0.29, 0.717) is 19.4 Å². The lowest BCUT2D eigenvalue weighted by molar-refractivity contribution is -0.134. The molecule has 0 radical (unpaired) electrons. The maximum Gasteiger partial charge on any atom is 0.239 e. The third-order valence-corrected chi connectivity index (χ3v) is 3.92. The standard InChI is InChI=1S/C16H26N4O3/c1-11(2)17-15(21)9-19(3)16(22)6-5-13-12-10-23-8-7-14(12)20(4)18-13/h11H,5-10H2,1-4H3,(H,17,21). The van der Waals surface area contributed by atoms with Crippen LogP contribution in [0.1, 0.15) is 37.2 Å². The molecular weight excluding hydrogens is 296 g/mol. The van der Waals surface area contributed by atoms with Crippen LogP contribution in [0.25, 0.3) is 0 Å². The van der Waals surface area contributed by atoms with E-state index >= 15 is 0 Å². The van der Waals surface area contributed by atoms with Gasteiger partial charge in [0, 0.05) is 50.7 Å². The number of nitrogens with zero attached hydrogens (tertiary/aromatic N) is 3. The van der Waals surface area contributed by atoms with Crippen molar-refractivity contribution in [3.8, 4) is 0 Å². The van der Waals surface area contributed by atoms with Gasteiger partial charge in [0.1, 0.15) is 0 Å². The largest absolute Gasteiger partial charge is 0.376 e. The highest BCUT2D eigenvalue weighted by Crippen LogP contribution is 2.21. The number of hydrogen-bond donors (Lipinski definition) is 1. The summed E-state index contributed by atoms with van der Waals surface area (Å²) in [6, 6.07) is 0.0750. The fourth-order valence-electron chi connectivity index (χ4n) is 2.77. The van der Waals surface area contributed by atoms with Crippen molar-refractivity contribution in [1.29, 1.82) is 0 Å². The van der Waals surface area contributed by atoms with Crippen LogP contribution in [-0.2, 0) is 40.8 Å². The van der Waals surface area contributed by atoms with Crippen molar-refractivity contribution in [3.05, 3.63) is 17.0 Å².